The van der Waals surface area contributed by atoms with E-state index >= 15 is 0 Å². The number of carbonyl (C=O) groups is 2. The molecule has 0 aliphatic carbocycles. The second kappa shape index (κ2) is 10.4. The number of hydrogen-bond acceptors (Lipinski definition) is 8. The lowest BCUT2D eigenvalue weighted by Gasteiger charge is -2.28. The summed E-state index contributed by atoms with van der Waals surface area (Å²) in [4.78, 5) is 33.0. The molecule has 35 heavy (non-hydrogen) atoms. The van der Waals surface area contributed by atoms with Crippen LogP contribution < -0.4 is 5.32 Å². The fraction of sp³-hybridized carbons (Fsp3) is 0.208. The van der Waals surface area contributed by atoms with Crippen LogP contribution in [0, 0.1) is 0 Å². The predicted molar refractivity (Wildman–Crippen MR) is 135 cm³/mol. The molecule has 0 bridgehead atoms. The first-order valence-corrected chi connectivity index (χ1v) is 13.6. The third kappa shape index (κ3) is 5.92. The number of hydrogen-bond donors (Lipinski definition) is 1. The van der Waals surface area contributed by atoms with E-state index in [1.54, 1.807) is 54.6 Å². The van der Waals surface area contributed by atoms with Gasteiger partial charge in [-0.3, -0.25) is 9.59 Å². The fourth-order valence-corrected chi connectivity index (χ4v) is 5.00. The number of thioether (sulfide) groups is 1. The molecule has 0 radical (unpaired) electrons. The zero-order chi connectivity index (χ0) is 25.0. The molecule has 0 spiro atoms. The molecule has 2 heterocycles. The first-order chi connectivity index (χ1) is 16.7. The number of nitrogens with one attached hydrogen (secondary N) is 1. The number of hydrazone groups is 1. The minimum absolute atomic E-state index is 0.0735. The number of aromatic nitrogens is 2. The Hall–Kier alpha value is -3.57. The van der Waals surface area contributed by atoms with Crippen LogP contribution in [0.4, 0.5) is 10.5 Å². The van der Waals surface area contributed by atoms with Gasteiger partial charge in [-0.1, -0.05) is 43.0 Å². The van der Waals surface area contributed by atoms with Crippen LogP contribution in [0.2, 0.25) is 0 Å². The van der Waals surface area contributed by atoms with Gasteiger partial charge in [-0.05, 0) is 47.9 Å². The molecule has 0 saturated heterocycles. The molecule has 4 rings (SSSR count). The predicted octanol–water partition coefficient (Wildman–Crippen LogP) is 3.98. The molecular formula is C24H23N5O4S2. The second-order valence-electron chi connectivity index (χ2n) is 7.84. The lowest BCUT2D eigenvalue weighted by Crippen LogP contribution is -2.34. The molecule has 0 fully saturated rings. The maximum atomic E-state index is 12.7. The van der Waals surface area contributed by atoms with Crippen LogP contribution in [0.5, 0.6) is 0 Å². The second-order valence-corrected chi connectivity index (χ2v) is 11.0. The van der Waals surface area contributed by atoms with E-state index in [-0.39, 0.29) is 27.8 Å². The average molecular weight is 510 g/mol. The van der Waals surface area contributed by atoms with Gasteiger partial charge in [0.1, 0.15) is 0 Å². The first-order valence-electron chi connectivity index (χ1n) is 10.8. The summed E-state index contributed by atoms with van der Waals surface area (Å²) in [5.74, 6) is -0.341. The molecule has 2 amide bonds. The van der Waals surface area contributed by atoms with Crippen molar-refractivity contribution in [2.45, 2.75) is 30.0 Å². The van der Waals surface area contributed by atoms with Gasteiger partial charge in [-0.2, -0.15) is 5.10 Å². The Kier molecular flexibility index (Phi) is 7.27. The lowest BCUT2D eigenvalue weighted by atomic mass is 10.1. The van der Waals surface area contributed by atoms with Crippen molar-refractivity contribution >= 4 is 44.1 Å². The monoisotopic (exact) mass is 509 g/mol. The van der Waals surface area contributed by atoms with Crippen molar-refractivity contribution in [3.05, 3.63) is 83.9 Å². The summed E-state index contributed by atoms with van der Waals surface area (Å²) < 4.78 is 23.6. The van der Waals surface area contributed by atoms with Gasteiger partial charge in [0.15, 0.2) is 9.84 Å². The van der Waals surface area contributed by atoms with Crippen molar-refractivity contribution in [3.8, 4) is 0 Å². The topological polar surface area (TPSA) is 122 Å². The number of rotatable bonds is 7. The molecule has 1 aromatic heterocycles. The van der Waals surface area contributed by atoms with Crippen molar-refractivity contribution in [3.63, 3.8) is 0 Å². The number of amides is 2. The fourth-order valence-electron chi connectivity index (χ4n) is 3.44. The zero-order valence-electron chi connectivity index (χ0n) is 19.1. The third-order valence-corrected chi connectivity index (χ3v) is 7.63. The summed E-state index contributed by atoms with van der Waals surface area (Å²) in [6.45, 7) is 2.23. The molecule has 1 atom stereocenters. The van der Waals surface area contributed by atoms with E-state index in [1.165, 1.54) is 29.2 Å². The van der Waals surface area contributed by atoms with Gasteiger partial charge in [-0.25, -0.2) is 23.4 Å². The van der Waals surface area contributed by atoms with Gasteiger partial charge < -0.3 is 5.32 Å². The molecule has 9 nitrogen and oxygen atoms in total. The zero-order valence-corrected chi connectivity index (χ0v) is 20.7. The standard InChI is InChI=1S/C24H23N5O4S2/c1-3-20-21(17-7-11-19(12-8-17)35(2,32)33)28-29(24(31)34-20)15-16-5-9-18(10-6-16)27-23(30)22-25-13-4-14-26-22/h4-14,20H,3,15H2,1-2H3,(H,27,30). The van der Waals surface area contributed by atoms with E-state index < -0.39 is 15.7 Å². The highest BCUT2D eigenvalue weighted by atomic mass is 32.2. The summed E-state index contributed by atoms with van der Waals surface area (Å²) in [6, 6.07) is 15.3. The molecule has 0 saturated carbocycles. The van der Waals surface area contributed by atoms with Crippen LogP contribution in [0.25, 0.3) is 0 Å². The molecule has 180 valence electrons. The SMILES string of the molecule is CCC1SC(=O)N(Cc2ccc(NC(=O)c3ncccn3)cc2)N=C1c1ccc(S(C)(=O)=O)cc1. The van der Waals surface area contributed by atoms with Crippen molar-refractivity contribution in [2.24, 2.45) is 5.10 Å². The van der Waals surface area contributed by atoms with E-state index in [1.807, 2.05) is 6.92 Å². The van der Waals surface area contributed by atoms with Crippen LogP contribution >= 0.6 is 11.8 Å². The third-order valence-electron chi connectivity index (χ3n) is 5.25. The Balaban J connectivity index is 1.50. The number of benzene rings is 2. The van der Waals surface area contributed by atoms with E-state index in [0.29, 0.717) is 12.1 Å². The van der Waals surface area contributed by atoms with Gasteiger partial charge in [0.2, 0.25) is 5.82 Å². The van der Waals surface area contributed by atoms with Crippen molar-refractivity contribution < 1.29 is 18.0 Å². The maximum absolute atomic E-state index is 12.7. The molecule has 1 unspecified atom stereocenters. The van der Waals surface area contributed by atoms with Crippen molar-refractivity contribution in [1.82, 2.24) is 15.0 Å². The minimum Gasteiger partial charge on any atom is -0.319 e. The van der Waals surface area contributed by atoms with Crippen LogP contribution in [0.15, 0.2) is 77.0 Å². The molecule has 1 aliphatic heterocycles. The first kappa shape index (κ1) is 24.6. The Morgan fingerprint density at radius 2 is 1.71 bits per heavy atom. The lowest BCUT2D eigenvalue weighted by molar-refractivity contribution is 0.101. The number of carbonyl (C=O) groups excluding carboxylic acids is 2. The van der Waals surface area contributed by atoms with Crippen molar-refractivity contribution in [2.75, 3.05) is 11.6 Å². The maximum Gasteiger partial charge on any atom is 0.302 e. The summed E-state index contributed by atoms with van der Waals surface area (Å²) in [5.41, 5.74) is 2.91. The minimum atomic E-state index is -3.30. The molecule has 3 aromatic rings. The molecule has 1 aliphatic rings. The summed E-state index contributed by atoms with van der Waals surface area (Å²) in [5, 5.41) is 8.48. The van der Waals surface area contributed by atoms with E-state index in [2.05, 4.69) is 20.4 Å². The van der Waals surface area contributed by atoms with Gasteiger partial charge >= 0.3 is 5.24 Å². The van der Waals surface area contributed by atoms with Gasteiger partial charge in [0.25, 0.3) is 5.91 Å². The highest BCUT2D eigenvalue weighted by Gasteiger charge is 2.30. The van der Waals surface area contributed by atoms with Gasteiger partial charge in [0, 0.05) is 24.3 Å². The molecule has 11 heteroatoms. The largest absolute Gasteiger partial charge is 0.319 e. The smallest absolute Gasteiger partial charge is 0.302 e. The summed E-state index contributed by atoms with van der Waals surface area (Å²) >= 11 is 1.20. The van der Waals surface area contributed by atoms with E-state index in [9.17, 15) is 18.0 Å². The van der Waals surface area contributed by atoms with Gasteiger partial charge in [-0.15, -0.1) is 0 Å². The molecule has 2 aromatic carbocycles. The Morgan fingerprint density at radius 1 is 1.06 bits per heavy atom. The number of nitrogens with zero attached hydrogens (tertiary/aromatic N) is 4. The highest BCUT2D eigenvalue weighted by Crippen LogP contribution is 2.30. The van der Waals surface area contributed by atoms with Crippen LogP contribution in [0.3, 0.4) is 0 Å². The number of anilines is 1. The summed E-state index contributed by atoms with van der Waals surface area (Å²) in [6.07, 6.45) is 4.86. The molecular weight excluding hydrogens is 486 g/mol. The van der Waals surface area contributed by atoms with E-state index in [0.717, 1.165) is 23.1 Å². The quantitative estimate of drug-likeness (QED) is 0.511. The Morgan fingerprint density at radius 3 is 2.31 bits per heavy atom. The van der Waals surface area contributed by atoms with Crippen LogP contribution in [-0.2, 0) is 16.4 Å². The Labute approximate surface area is 207 Å². The Bertz CT molecular complexity index is 1360. The van der Waals surface area contributed by atoms with E-state index in [4.69, 9.17) is 0 Å². The normalized spacial score (nSPS) is 16.1. The van der Waals surface area contributed by atoms with Crippen LogP contribution in [-0.4, -0.2) is 51.8 Å². The molecule has 1 N–H and O–H groups in total. The number of sulfone groups is 1. The van der Waals surface area contributed by atoms with Crippen LogP contribution in [0.1, 0.15) is 35.1 Å². The van der Waals surface area contributed by atoms with Gasteiger partial charge in [0.05, 0.1) is 22.4 Å². The van der Waals surface area contributed by atoms with Crippen molar-refractivity contribution in [1.29, 1.82) is 0 Å². The highest BCUT2D eigenvalue weighted by molar-refractivity contribution is 8.14. The summed E-state index contributed by atoms with van der Waals surface area (Å²) in [7, 11) is -3.30. The average Bonchev–Trinajstić information content (AvgIpc) is 2.86.